The quantitative estimate of drug-likeness (QED) is 0.847. The largest absolute Gasteiger partial charge is 0.494 e. The smallest absolute Gasteiger partial charge is 0.165 e. The number of hydrogen-bond donors (Lipinski definition) is 1. The zero-order valence-corrected chi connectivity index (χ0v) is 9.96. The van der Waals surface area contributed by atoms with Crippen LogP contribution in [0.4, 0.5) is 4.39 Å². The van der Waals surface area contributed by atoms with Crippen molar-refractivity contribution < 1.29 is 9.13 Å². The predicted octanol–water partition coefficient (Wildman–Crippen LogP) is 2.75. The molecule has 2 nitrogen and oxygen atoms in total. The second-order valence-corrected chi connectivity index (χ2v) is 4.54. The van der Waals surface area contributed by atoms with Crippen LogP contribution in [0.3, 0.4) is 0 Å². The molecule has 3 unspecified atom stereocenters. The van der Waals surface area contributed by atoms with E-state index in [1.807, 2.05) is 13.1 Å². The summed E-state index contributed by atoms with van der Waals surface area (Å²) in [6.07, 6.45) is 1.22. The van der Waals surface area contributed by atoms with E-state index in [-0.39, 0.29) is 11.9 Å². The molecule has 0 spiro atoms. The van der Waals surface area contributed by atoms with Crippen molar-refractivity contribution >= 4 is 0 Å². The third kappa shape index (κ3) is 2.05. The van der Waals surface area contributed by atoms with Crippen LogP contribution in [0, 0.1) is 17.7 Å². The van der Waals surface area contributed by atoms with E-state index < -0.39 is 0 Å². The third-order valence-electron chi connectivity index (χ3n) is 3.45. The fourth-order valence-corrected chi connectivity index (χ4v) is 2.32. The van der Waals surface area contributed by atoms with Crippen LogP contribution >= 0.6 is 0 Å². The molecule has 0 radical (unpaired) electrons. The molecule has 0 bridgehead atoms. The highest BCUT2D eigenvalue weighted by Crippen LogP contribution is 2.47. The molecule has 88 valence electrons. The molecule has 1 aliphatic carbocycles. The normalized spacial score (nSPS) is 25.2. The van der Waals surface area contributed by atoms with Gasteiger partial charge in [-0.25, -0.2) is 4.39 Å². The van der Waals surface area contributed by atoms with Crippen LogP contribution in [0.1, 0.15) is 24.9 Å². The van der Waals surface area contributed by atoms with Crippen molar-refractivity contribution in [3.8, 4) is 5.75 Å². The number of benzene rings is 1. The Balaban J connectivity index is 2.22. The summed E-state index contributed by atoms with van der Waals surface area (Å²) in [6, 6.07) is 5.47. The Morgan fingerprint density at radius 1 is 1.50 bits per heavy atom. The van der Waals surface area contributed by atoms with E-state index in [4.69, 9.17) is 4.74 Å². The van der Waals surface area contributed by atoms with Gasteiger partial charge in [0.05, 0.1) is 7.11 Å². The van der Waals surface area contributed by atoms with Crippen molar-refractivity contribution in [2.45, 2.75) is 19.4 Å². The van der Waals surface area contributed by atoms with Crippen molar-refractivity contribution in [2.24, 2.45) is 11.8 Å². The minimum Gasteiger partial charge on any atom is -0.494 e. The van der Waals surface area contributed by atoms with Gasteiger partial charge in [0.2, 0.25) is 0 Å². The van der Waals surface area contributed by atoms with E-state index in [9.17, 15) is 4.39 Å². The van der Waals surface area contributed by atoms with Gasteiger partial charge in [0.15, 0.2) is 11.6 Å². The molecule has 1 aliphatic rings. The van der Waals surface area contributed by atoms with Crippen molar-refractivity contribution in [1.29, 1.82) is 0 Å². The van der Waals surface area contributed by atoms with Gasteiger partial charge in [-0.1, -0.05) is 13.0 Å². The van der Waals surface area contributed by atoms with E-state index in [1.165, 1.54) is 13.5 Å². The first-order chi connectivity index (χ1) is 7.67. The average molecular weight is 223 g/mol. The highest BCUT2D eigenvalue weighted by Gasteiger charge is 2.39. The van der Waals surface area contributed by atoms with E-state index in [0.29, 0.717) is 11.7 Å². The lowest BCUT2D eigenvalue weighted by molar-refractivity contribution is 0.385. The fraction of sp³-hybridized carbons (Fsp3) is 0.538. The van der Waals surface area contributed by atoms with Crippen molar-refractivity contribution in [3.05, 3.63) is 29.6 Å². The van der Waals surface area contributed by atoms with Crippen LogP contribution < -0.4 is 10.1 Å². The molecule has 0 saturated heterocycles. The first-order valence-electron chi connectivity index (χ1n) is 5.68. The number of hydrogen-bond acceptors (Lipinski definition) is 2. The second-order valence-electron chi connectivity index (χ2n) is 4.54. The summed E-state index contributed by atoms with van der Waals surface area (Å²) in [4.78, 5) is 0. The Hall–Kier alpha value is -1.09. The molecule has 0 aromatic heterocycles. The van der Waals surface area contributed by atoms with Gasteiger partial charge in [0.1, 0.15) is 0 Å². The Bertz CT molecular complexity index is 380. The lowest BCUT2D eigenvalue weighted by Crippen LogP contribution is -2.19. The van der Waals surface area contributed by atoms with Crippen molar-refractivity contribution in [2.75, 3.05) is 14.2 Å². The summed E-state index contributed by atoms with van der Waals surface area (Å²) in [7, 11) is 3.41. The number of nitrogens with one attached hydrogen (secondary N) is 1. The zero-order chi connectivity index (χ0) is 11.7. The number of rotatable bonds is 4. The molecule has 1 fully saturated rings. The van der Waals surface area contributed by atoms with E-state index >= 15 is 0 Å². The summed E-state index contributed by atoms with van der Waals surface area (Å²) < 4.78 is 18.5. The lowest BCUT2D eigenvalue weighted by Gasteiger charge is -2.17. The third-order valence-corrected chi connectivity index (χ3v) is 3.45. The SMILES string of the molecule is CNC(c1ccc(OC)c(F)c1)C1CC1C. The molecule has 3 atom stereocenters. The number of halogens is 1. The van der Waals surface area contributed by atoms with Crippen LogP contribution in [0.5, 0.6) is 5.75 Å². The molecule has 1 aromatic rings. The van der Waals surface area contributed by atoms with Crippen LogP contribution in [0.2, 0.25) is 0 Å². The molecule has 3 heteroatoms. The van der Waals surface area contributed by atoms with Gasteiger partial charge in [-0.05, 0) is 43.0 Å². The Labute approximate surface area is 95.8 Å². The molecule has 1 saturated carbocycles. The summed E-state index contributed by atoms with van der Waals surface area (Å²) in [5, 5.41) is 3.27. The second kappa shape index (κ2) is 4.42. The van der Waals surface area contributed by atoms with Crippen LogP contribution in [-0.4, -0.2) is 14.2 Å². The van der Waals surface area contributed by atoms with Crippen LogP contribution in [0.25, 0.3) is 0 Å². The van der Waals surface area contributed by atoms with E-state index in [2.05, 4.69) is 12.2 Å². The molecule has 1 N–H and O–H groups in total. The molecular formula is C13H18FNO. The van der Waals surface area contributed by atoms with E-state index in [0.717, 1.165) is 11.5 Å². The molecule has 1 aromatic carbocycles. The summed E-state index contributed by atoms with van der Waals surface area (Å²) in [5.74, 6) is 1.40. The molecule has 0 amide bonds. The maximum atomic E-state index is 13.6. The highest BCUT2D eigenvalue weighted by molar-refractivity contribution is 5.32. The van der Waals surface area contributed by atoms with Gasteiger partial charge < -0.3 is 10.1 Å². The fourth-order valence-electron chi connectivity index (χ4n) is 2.32. The summed E-state index contributed by atoms with van der Waals surface area (Å²) >= 11 is 0. The number of ether oxygens (including phenoxy) is 1. The van der Waals surface area contributed by atoms with Crippen LogP contribution in [0.15, 0.2) is 18.2 Å². The van der Waals surface area contributed by atoms with Crippen molar-refractivity contribution in [3.63, 3.8) is 0 Å². The topological polar surface area (TPSA) is 21.3 Å². The molecule has 16 heavy (non-hydrogen) atoms. The zero-order valence-electron chi connectivity index (χ0n) is 9.96. The Kier molecular flexibility index (Phi) is 3.15. The number of methoxy groups -OCH3 is 1. The van der Waals surface area contributed by atoms with Gasteiger partial charge in [0.25, 0.3) is 0 Å². The van der Waals surface area contributed by atoms with Gasteiger partial charge in [-0.3, -0.25) is 0 Å². The summed E-state index contributed by atoms with van der Waals surface area (Å²) in [6.45, 7) is 2.23. The summed E-state index contributed by atoms with van der Waals surface area (Å²) in [5.41, 5.74) is 1.01. The standard InChI is InChI=1S/C13H18FNO/c1-8-6-10(8)13(15-2)9-4-5-12(16-3)11(14)7-9/h4-5,7-8,10,13,15H,6H2,1-3H3. The molecule has 0 aliphatic heterocycles. The average Bonchev–Trinajstić information content (AvgIpc) is 2.97. The molecular weight excluding hydrogens is 205 g/mol. The first-order valence-corrected chi connectivity index (χ1v) is 5.68. The Morgan fingerprint density at radius 2 is 2.19 bits per heavy atom. The maximum absolute atomic E-state index is 13.6. The predicted molar refractivity (Wildman–Crippen MR) is 62.0 cm³/mol. The highest BCUT2D eigenvalue weighted by atomic mass is 19.1. The van der Waals surface area contributed by atoms with Crippen LogP contribution in [-0.2, 0) is 0 Å². The minimum absolute atomic E-state index is 0.260. The maximum Gasteiger partial charge on any atom is 0.165 e. The van der Waals surface area contributed by atoms with Gasteiger partial charge in [0, 0.05) is 6.04 Å². The van der Waals surface area contributed by atoms with E-state index in [1.54, 1.807) is 12.1 Å². The lowest BCUT2D eigenvalue weighted by atomic mass is 10.0. The van der Waals surface area contributed by atoms with Crippen molar-refractivity contribution in [1.82, 2.24) is 5.32 Å². The van der Waals surface area contributed by atoms with Gasteiger partial charge in [-0.2, -0.15) is 0 Å². The first kappa shape index (κ1) is 11.4. The monoisotopic (exact) mass is 223 g/mol. The Morgan fingerprint density at radius 3 is 2.62 bits per heavy atom. The van der Waals surface area contributed by atoms with Gasteiger partial charge >= 0.3 is 0 Å². The molecule has 2 rings (SSSR count). The minimum atomic E-state index is -0.284. The van der Waals surface area contributed by atoms with Gasteiger partial charge in [-0.15, -0.1) is 0 Å². The molecule has 0 heterocycles.